The third-order valence-electron chi connectivity index (χ3n) is 1.72. The van der Waals surface area contributed by atoms with E-state index in [1.807, 2.05) is 0 Å². The highest BCUT2D eigenvalue weighted by Gasteiger charge is 2.32. The number of aliphatic hydroxyl groups is 1. The van der Waals surface area contributed by atoms with Gasteiger partial charge in [0.15, 0.2) is 0 Å². The Morgan fingerprint density at radius 1 is 1.50 bits per heavy atom. The third kappa shape index (κ3) is 3.24. The van der Waals surface area contributed by atoms with Gasteiger partial charge in [-0.25, -0.2) is 0 Å². The van der Waals surface area contributed by atoms with Crippen molar-refractivity contribution in [3.8, 4) is 5.75 Å². The Kier molecular flexibility index (Phi) is 3.98. The van der Waals surface area contributed by atoms with Gasteiger partial charge in [-0.3, -0.25) is 4.79 Å². The SMILES string of the molecule is O=c1cc(OC(F)(F)F)c(CBr)c(CO)[nH]1. The molecular formula is C8H7BrF3NO3. The number of halogens is 4. The van der Waals surface area contributed by atoms with Crippen LogP contribution in [0.2, 0.25) is 0 Å². The van der Waals surface area contributed by atoms with E-state index in [1.54, 1.807) is 0 Å². The molecule has 1 rings (SSSR count). The molecule has 0 saturated carbocycles. The molecule has 0 amide bonds. The maximum atomic E-state index is 12.0. The van der Waals surface area contributed by atoms with Crippen LogP contribution in [-0.4, -0.2) is 16.5 Å². The Morgan fingerprint density at radius 2 is 2.12 bits per heavy atom. The van der Waals surface area contributed by atoms with Gasteiger partial charge in [0.05, 0.1) is 12.3 Å². The molecule has 1 aromatic rings. The molecule has 0 aliphatic rings. The molecule has 0 aliphatic heterocycles. The van der Waals surface area contributed by atoms with Crippen molar-refractivity contribution >= 4 is 15.9 Å². The molecule has 0 saturated heterocycles. The van der Waals surface area contributed by atoms with Crippen molar-refractivity contribution in [1.82, 2.24) is 4.98 Å². The summed E-state index contributed by atoms with van der Waals surface area (Å²) in [6.45, 7) is -0.578. The van der Waals surface area contributed by atoms with Crippen LogP contribution in [0.3, 0.4) is 0 Å². The predicted octanol–water partition coefficient (Wildman–Crippen LogP) is 1.66. The van der Waals surface area contributed by atoms with Crippen LogP contribution in [0.5, 0.6) is 5.75 Å². The summed E-state index contributed by atoms with van der Waals surface area (Å²) < 4.78 is 39.7. The van der Waals surface area contributed by atoms with E-state index < -0.39 is 24.3 Å². The minimum Gasteiger partial charge on any atom is -0.405 e. The van der Waals surface area contributed by atoms with Gasteiger partial charge < -0.3 is 14.8 Å². The number of aliphatic hydroxyl groups excluding tert-OH is 1. The quantitative estimate of drug-likeness (QED) is 0.835. The minimum absolute atomic E-state index is 0.0105. The first-order chi connectivity index (χ1) is 7.37. The molecule has 8 heteroatoms. The second-order valence-corrected chi connectivity index (χ2v) is 3.36. The van der Waals surface area contributed by atoms with Crippen molar-refractivity contribution in [3.05, 3.63) is 27.7 Å². The van der Waals surface area contributed by atoms with E-state index in [4.69, 9.17) is 5.11 Å². The lowest BCUT2D eigenvalue weighted by Gasteiger charge is -2.13. The van der Waals surface area contributed by atoms with Crippen molar-refractivity contribution < 1.29 is 23.0 Å². The number of aromatic amines is 1. The Labute approximate surface area is 96.2 Å². The van der Waals surface area contributed by atoms with Gasteiger partial charge in [0.2, 0.25) is 0 Å². The monoisotopic (exact) mass is 301 g/mol. The normalized spacial score (nSPS) is 11.6. The zero-order valence-corrected chi connectivity index (χ0v) is 9.35. The molecule has 4 nitrogen and oxygen atoms in total. The average molecular weight is 302 g/mol. The molecule has 1 aromatic heterocycles. The lowest BCUT2D eigenvalue weighted by atomic mass is 10.2. The van der Waals surface area contributed by atoms with Crippen molar-refractivity contribution in [2.75, 3.05) is 0 Å². The van der Waals surface area contributed by atoms with E-state index in [0.29, 0.717) is 6.07 Å². The maximum absolute atomic E-state index is 12.0. The molecule has 0 radical (unpaired) electrons. The Morgan fingerprint density at radius 3 is 2.56 bits per heavy atom. The molecule has 0 unspecified atom stereocenters. The number of hydrogen-bond acceptors (Lipinski definition) is 3. The highest BCUT2D eigenvalue weighted by Crippen LogP contribution is 2.28. The second kappa shape index (κ2) is 4.88. The Bertz CT molecular complexity index is 430. The number of rotatable bonds is 3. The number of H-pyrrole nitrogens is 1. The lowest BCUT2D eigenvalue weighted by Crippen LogP contribution is -2.21. The van der Waals surface area contributed by atoms with Crippen molar-refractivity contribution in [2.24, 2.45) is 0 Å². The summed E-state index contributed by atoms with van der Waals surface area (Å²) in [5.74, 6) is -0.614. The highest BCUT2D eigenvalue weighted by atomic mass is 79.9. The molecule has 90 valence electrons. The summed E-state index contributed by atoms with van der Waals surface area (Å²) in [5, 5.41) is 8.89. The smallest absolute Gasteiger partial charge is 0.405 e. The second-order valence-electron chi connectivity index (χ2n) is 2.79. The van der Waals surface area contributed by atoms with Gasteiger partial charge in [-0.05, 0) is 0 Å². The van der Waals surface area contributed by atoms with Crippen molar-refractivity contribution in [1.29, 1.82) is 0 Å². The van der Waals surface area contributed by atoms with Crippen LogP contribution in [-0.2, 0) is 11.9 Å². The zero-order valence-electron chi connectivity index (χ0n) is 7.77. The summed E-state index contributed by atoms with van der Waals surface area (Å²) in [7, 11) is 0. The van der Waals surface area contributed by atoms with Crippen LogP contribution in [0.4, 0.5) is 13.2 Å². The van der Waals surface area contributed by atoms with E-state index in [9.17, 15) is 18.0 Å². The van der Waals surface area contributed by atoms with Crippen LogP contribution >= 0.6 is 15.9 Å². The molecule has 0 spiro atoms. The number of aromatic nitrogens is 1. The maximum Gasteiger partial charge on any atom is 0.573 e. The minimum atomic E-state index is -4.88. The van der Waals surface area contributed by atoms with Crippen LogP contribution < -0.4 is 10.3 Å². The lowest BCUT2D eigenvalue weighted by molar-refractivity contribution is -0.274. The molecule has 16 heavy (non-hydrogen) atoms. The molecule has 1 heterocycles. The molecule has 0 aliphatic carbocycles. The molecular weight excluding hydrogens is 295 g/mol. The van der Waals surface area contributed by atoms with Gasteiger partial charge in [0.1, 0.15) is 5.75 Å². The fraction of sp³-hybridized carbons (Fsp3) is 0.375. The van der Waals surface area contributed by atoms with Gasteiger partial charge in [0.25, 0.3) is 5.56 Å². The van der Waals surface area contributed by atoms with Crippen molar-refractivity contribution in [2.45, 2.75) is 18.3 Å². The third-order valence-corrected chi connectivity index (χ3v) is 2.28. The topological polar surface area (TPSA) is 62.3 Å². The standard InChI is InChI=1S/C8H7BrF3NO3/c9-2-4-5(3-14)13-7(15)1-6(4)16-8(10,11)12/h1,14H,2-3H2,(H,13,15). The Hall–Kier alpha value is -1.02. The van der Waals surface area contributed by atoms with Crippen LogP contribution in [0, 0.1) is 0 Å². The van der Waals surface area contributed by atoms with E-state index in [0.717, 1.165) is 0 Å². The van der Waals surface area contributed by atoms with Crippen molar-refractivity contribution in [3.63, 3.8) is 0 Å². The summed E-state index contributed by atoms with van der Waals surface area (Å²) in [4.78, 5) is 13.2. The predicted molar refractivity (Wildman–Crippen MR) is 52.3 cm³/mol. The first-order valence-electron chi connectivity index (χ1n) is 4.05. The summed E-state index contributed by atoms with van der Waals surface area (Å²) in [6.07, 6.45) is -4.88. The molecule has 0 atom stereocenters. The highest BCUT2D eigenvalue weighted by molar-refractivity contribution is 9.08. The van der Waals surface area contributed by atoms with E-state index in [-0.39, 0.29) is 16.6 Å². The summed E-state index contributed by atoms with van der Waals surface area (Å²) in [6, 6.07) is 0.684. The zero-order chi connectivity index (χ0) is 12.3. The van der Waals surface area contributed by atoms with E-state index in [2.05, 4.69) is 25.7 Å². The number of hydrogen-bond donors (Lipinski definition) is 2. The fourth-order valence-corrected chi connectivity index (χ4v) is 1.73. The van der Waals surface area contributed by atoms with Gasteiger partial charge in [-0.1, -0.05) is 15.9 Å². The molecule has 0 fully saturated rings. The van der Waals surface area contributed by atoms with Gasteiger partial charge in [0, 0.05) is 17.0 Å². The van der Waals surface area contributed by atoms with Gasteiger partial charge in [-0.15, -0.1) is 13.2 Å². The van der Waals surface area contributed by atoms with Crippen LogP contribution in [0.15, 0.2) is 10.9 Å². The molecule has 2 N–H and O–H groups in total. The summed E-state index contributed by atoms with van der Waals surface area (Å²) >= 11 is 2.95. The first kappa shape index (κ1) is 13.0. The number of nitrogens with one attached hydrogen (secondary N) is 1. The van der Waals surface area contributed by atoms with Gasteiger partial charge in [-0.2, -0.15) is 0 Å². The number of pyridine rings is 1. The van der Waals surface area contributed by atoms with Crippen LogP contribution in [0.25, 0.3) is 0 Å². The van der Waals surface area contributed by atoms with E-state index >= 15 is 0 Å². The fourth-order valence-electron chi connectivity index (χ4n) is 1.11. The van der Waals surface area contributed by atoms with Gasteiger partial charge >= 0.3 is 6.36 Å². The first-order valence-corrected chi connectivity index (χ1v) is 5.17. The largest absolute Gasteiger partial charge is 0.573 e. The van der Waals surface area contributed by atoms with E-state index in [1.165, 1.54) is 0 Å². The Balaban J connectivity index is 3.26. The summed E-state index contributed by atoms with van der Waals surface area (Å²) in [5.41, 5.74) is -0.726. The number of alkyl halides is 4. The number of ether oxygens (including phenoxy) is 1. The average Bonchev–Trinajstić information content (AvgIpc) is 2.14. The molecule has 0 aromatic carbocycles. The van der Waals surface area contributed by atoms with Crippen LogP contribution in [0.1, 0.15) is 11.3 Å². The molecule has 0 bridgehead atoms.